The summed E-state index contributed by atoms with van der Waals surface area (Å²) in [6.07, 6.45) is 9.09. The summed E-state index contributed by atoms with van der Waals surface area (Å²) in [5, 5.41) is 0.704. The first-order valence-corrected chi connectivity index (χ1v) is 9.37. The van der Waals surface area contributed by atoms with Gasteiger partial charge in [0.1, 0.15) is 29.3 Å². The molecule has 0 amide bonds. The van der Waals surface area contributed by atoms with Crippen LogP contribution in [0.15, 0.2) is 33.5 Å². The summed E-state index contributed by atoms with van der Waals surface area (Å²) < 4.78 is 17.8. The van der Waals surface area contributed by atoms with E-state index in [0.717, 1.165) is 17.5 Å². The molecule has 1 aromatic heterocycles. The zero-order valence-electron chi connectivity index (χ0n) is 15.7. The third-order valence-electron chi connectivity index (χ3n) is 4.89. The molecule has 0 bridgehead atoms. The van der Waals surface area contributed by atoms with Crippen molar-refractivity contribution in [1.82, 2.24) is 0 Å². The van der Waals surface area contributed by atoms with Gasteiger partial charge in [-0.25, -0.2) is 4.79 Å². The lowest BCUT2D eigenvalue weighted by Gasteiger charge is -2.29. The van der Waals surface area contributed by atoms with Gasteiger partial charge in [0, 0.05) is 12.5 Å². The predicted molar refractivity (Wildman–Crippen MR) is 104 cm³/mol. The van der Waals surface area contributed by atoms with Crippen molar-refractivity contribution in [2.75, 3.05) is 0 Å². The first kappa shape index (κ1) is 17.6. The lowest BCUT2D eigenvalue weighted by Crippen LogP contribution is -2.26. The number of aryl methyl sites for hydroxylation is 1. The highest BCUT2D eigenvalue weighted by Crippen LogP contribution is 2.47. The van der Waals surface area contributed by atoms with Gasteiger partial charge in [0.25, 0.3) is 0 Å². The Morgan fingerprint density at radius 2 is 2.04 bits per heavy atom. The Bertz CT molecular complexity index is 1040. The van der Waals surface area contributed by atoms with Crippen molar-refractivity contribution < 1.29 is 18.7 Å². The van der Waals surface area contributed by atoms with Crippen LogP contribution in [-0.2, 0) is 6.42 Å². The molecule has 2 aromatic rings. The number of benzene rings is 1. The van der Waals surface area contributed by atoms with E-state index in [0.29, 0.717) is 28.9 Å². The summed E-state index contributed by atoms with van der Waals surface area (Å²) in [7, 11) is 0. The Morgan fingerprint density at radius 1 is 1.22 bits per heavy atom. The van der Waals surface area contributed by atoms with E-state index < -0.39 is 5.63 Å². The van der Waals surface area contributed by atoms with E-state index in [-0.39, 0.29) is 30.0 Å². The van der Waals surface area contributed by atoms with Crippen molar-refractivity contribution in [3.8, 4) is 11.5 Å². The minimum atomic E-state index is -0.462. The van der Waals surface area contributed by atoms with Crippen molar-refractivity contribution >= 4 is 22.8 Å². The molecule has 0 N–H and O–H groups in total. The second-order valence-corrected chi connectivity index (χ2v) is 7.01. The van der Waals surface area contributed by atoms with Gasteiger partial charge >= 0.3 is 5.63 Å². The minimum absolute atomic E-state index is 0.0719. The highest BCUT2D eigenvalue weighted by Gasteiger charge is 2.34. The highest BCUT2D eigenvalue weighted by atomic mass is 16.5. The Hall–Kier alpha value is -2.82. The fourth-order valence-electron chi connectivity index (χ4n) is 3.82. The average molecular weight is 366 g/mol. The number of rotatable bonds is 3. The van der Waals surface area contributed by atoms with Gasteiger partial charge in [0.15, 0.2) is 11.4 Å². The molecule has 140 valence electrons. The lowest BCUT2D eigenvalue weighted by atomic mass is 9.91. The SMILES string of the molecule is C/C=C/C1C=Cc2c3c(c4oc(=O)cc(CCC)c4c2O1)C(=O)CC(C)O3. The van der Waals surface area contributed by atoms with Gasteiger partial charge in [-0.15, -0.1) is 0 Å². The molecular formula is C22H22O5. The predicted octanol–water partition coefficient (Wildman–Crippen LogP) is 4.45. The fraction of sp³-hybridized carbons (Fsp3) is 0.364. The molecule has 3 heterocycles. The topological polar surface area (TPSA) is 65.7 Å². The summed E-state index contributed by atoms with van der Waals surface area (Å²) in [6, 6.07) is 1.50. The molecule has 27 heavy (non-hydrogen) atoms. The molecule has 0 aliphatic carbocycles. The van der Waals surface area contributed by atoms with Crippen LogP contribution in [0.25, 0.3) is 17.0 Å². The van der Waals surface area contributed by atoms with Crippen molar-refractivity contribution in [3.05, 3.63) is 51.4 Å². The molecule has 0 saturated carbocycles. The van der Waals surface area contributed by atoms with Crippen LogP contribution in [0.4, 0.5) is 0 Å². The third kappa shape index (κ3) is 2.87. The number of hydrogen-bond acceptors (Lipinski definition) is 5. The molecule has 2 unspecified atom stereocenters. The van der Waals surface area contributed by atoms with Crippen molar-refractivity contribution in [2.24, 2.45) is 0 Å². The van der Waals surface area contributed by atoms with Crippen molar-refractivity contribution in [2.45, 2.75) is 52.2 Å². The van der Waals surface area contributed by atoms with Gasteiger partial charge in [0.2, 0.25) is 0 Å². The first-order valence-electron chi connectivity index (χ1n) is 9.37. The highest BCUT2D eigenvalue weighted by molar-refractivity contribution is 6.13. The van der Waals surface area contributed by atoms with E-state index >= 15 is 0 Å². The zero-order chi connectivity index (χ0) is 19.1. The standard InChI is InChI=1S/C22H22O5/c1-4-6-13-11-17(24)27-22-18(13)20-15(9-8-14(26-20)7-5-2)21-19(22)16(23)10-12(3)25-21/h5,7-9,11-12,14H,4,6,10H2,1-3H3/b7-5+. The molecular weight excluding hydrogens is 344 g/mol. The molecule has 0 saturated heterocycles. The zero-order valence-corrected chi connectivity index (χ0v) is 15.7. The van der Waals surface area contributed by atoms with Crippen LogP contribution < -0.4 is 15.1 Å². The number of ether oxygens (including phenoxy) is 2. The molecule has 2 atom stereocenters. The van der Waals surface area contributed by atoms with Crippen molar-refractivity contribution in [1.29, 1.82) is 0 Å². The van der Waals surface area contributed by atoms with Crippen LogP contribution in [0.2, 0.25) is 0 Å². The van der Waals surface area contributed by atoms with Gasteiger partial charge in [-0.1, -0.05) is 19.4 Å². The number of Topliss-reactive ketones (excluding diaryl/α,β-unsaturated/α-hetero) is 1. The molecule has 0 radical (unpaired) electrons. The maximum atomic E-state index is 12.8. The monoisotopic (exact) mass is 366 g/mol. The number of allylic oxidation sites excluding steroid dienone is 1. The fourth-order valence-corrected chi connectivity index (χ4v) is 3.82. The summed E-state index contributed by atoms with van der Waals surface area (Å²) in [5.74, 6) is 0.994. The third-order valence-corrected chi connectivity index (χ3v) is 4.89. The number of fused-ring (bicyclic) bond motifs is 6. The summed E-state index contributed by atoms with van der Waals surface area (Å²) in [4.78, 5) is 25.0. The first-order chi connectivity index (χ1) is 13.0. The molecule has 4 rings (SSSR count). The molecule has 5 heteroatoms. The lowest BCUT2D eigenvalue weighted by molar-refractivity contribution is 0.0870. The van der Waals surface area contributed by atoms with Crippen LogP contribution in [0.1, 0.15) is 55.1 Å². The van der Waals surface area contributed by atoms with Crippen LogP contribution in [-0.4, -0.2) is 18.0 Å². The van der Waals surface area contributed by atoms with E-state index in [1.165, 1.54) is 6.07 Å². The molecule has 1 aromatic carbocycles. The molecule has 2 aliphatic rings. The summed E-state index contributed by atoms with van der Waals surface area (Å²) in [5.41, 5.74) is 1.75. The van der Waals surface area contributed by atoms with Gasteiger partial charge in [-0.2, -0.15) is 0 Å². The molecule has 5 nitrogen and oxygen atoms in total. The van der Waals surface area contributed by atoms with E-state index in [9.17, 15) is 9.59 Å². The molecule has 2 aliphatic heterocycles. The van der Waals surface area contributed by atoms with E-state index in [1.807, 2.05) is 45.1 Å². The average Bonchev–Trinajstić information content (AvgIpc) is 2.61. The van der Waals surface area contributed by atoms with E-state index in [4.69, 9.17) is 13.9 Å². The van der Waals surface area contributed by atoms with Crippen LogP contribution in [0.3, 0.4) is 0 Å². The van der Waals surface area contributed by atoms with Crippen LogP contribution >= 0.6 is 0 Å². The quantitative estimate of drug-likeness (QED) is 0.593. The largest absolute Gasteiger partial charge is 0.489 e. The van der Waals surface area contributed by atoms with Gasteiger partial charge in [-0.3, -0.25) is 4.79 Å². The summed E-state index contributed by atoms with van der Waals surface area (Å²) >= 11 is 0. The number of ketones is 1. The second-order valence-electron chi connectivity index (χ2n) is 7.01. The maximum Gasteiger partial charge on any atom is 0.336 e. The van der Waals surface area contributed by atoms with Crippen molar-refractivity contribution in [3.63, 3.8) is 0 Å². The number of hydrogen-bond donors (Lipinski definition) is 0. The van der Waals surface area contributed by atoms with Crippen LogP contribution in [0.5, 0.6) is 11.5 Å². The molecule has 0 fully saturated rings. The Balaban J connectivity index is 2.12. The number of carbonyl (C=O) groups excluding carboxylic acids is 1. The maximum absolute atomic E-state index is 12.8. The second kappa shape index (κ2) is 6.72. The van der Waals surface area contributed by atoms with E-state index in [2.05, 4.69) is 0 Å². The van der Waals surface area contributed by atoms with Crippen LogP contribution in [0, 0.1) is 0 Å². The summed E-state index contributed by atoms with van der Waals surface area (Å²) in [6.45, 7) is 5.84. The number of carbonyl (C=O) groups is 1. The Kier molecular flexibility index (Phi) is 4.38. The minimum Gasteiger partial charge on any atom is -0.489 e. The van der Waals surface area contributed by atoms with Gasteiger partial charge in [-0.05, 0) is 44.1 Å². The van der Waals surface area contributed by atoms with Gasteiger partial charge in [0.05, 0.1) is 10.9 Å². The smallest absolute Gasteiger partial charge is 0.336 e. The van der Waals surface area contributed by atoms with Gasteiger partial charge < -0.3 is 13.9 Å². The molecule has 0 spiro atoms. The Labute approximate surface area is 157 Å². The Morgan fingerprint density at radius 3 is 2.78 bits per heavy atom. The van der Waals surface area contributed by atoms with E-state index in [1.54, 1.807) is 0 Å². The normalized spacial score (nSPS) is 21.1.